The van der Waals surface area contributed by atoms with E-state index in [2.05, 4.69) is 13.0 Å². The maximum absolute atomic E-state index is 8.81. The van der Waals surface area contributed by atoms with Crippen molar-refractivity contribution in [1.29, 1.82) is 5.26 Å². The van der Waals surface area contributed by atoms with Crippen molar-refractivity contribution in [3.8, 4) is 6.07 Å². The van der Waals surface area contributed by atoms with Gasteiger partial charge in [0.1, 0.15) is 0 Å². The minimum absolute atomic E-state index is 0.0668. The van der Waals surface area contributed by atoms with Crippen molar-refractivity contribution in [3.05, 3.63) is 35.9 Å². The van der Waals surface area contributed by atoms with Gasteiger partial charge in [0.25, 0.3) is 0 Å². The van der Waals surface area contributed by atoms with Crippen LogP contribution < -0.4 is 0 Å². The Balaban J connectivity index is 2.37. The lowest BCUT2D eigenvalue weighted by Crippen LogP contribution is -2.05. The van der Waals surface area contributed by atoms with Gasteiger partial charge in [0.05, 0.1) is 18.6 Å². The molecule has 1 rings (SSSR count). The third-order valence-electron chi connectivity index (χ3n) is 2.76. The first-order valence-corrected chi connectivity index (χ1v) is 6.42. The van der Waals surface area contributed by atoms with E-state index in [0.717, 1.165) is 18.6 Å². The molecule has 1 aromatic carbocycles. The molecule has 2 nitrogen and oxygen atoms in total. The molecule has 0 amide bonds. The van der Waals surface area contributed by atoms with Crippen LogP contribution in [0.25, 0.3) is 0 Å². The largest absolute Gasteiger partial charge is 0.372 e. The zero-order chi connectivity index (χ0) is 12.3. The third kappa shape index (κ3) is 5.51. The molecule has 0 aliphatic heterocycles. The summed E-state index contributed by atoms with van der Waals surface area (Å²) in [6, 6.07) is 12.2. The van der Waals surface area contributed by atoms with Gasteiger partial charge in [0, 0.05) is 6.61 Å². The number of rotatable bonds is 8. The summed E-state index contributed by atoms with van der Waals surface area (Å²) in [5, 5.41) is 8.81. The fourth-order valence-corrected chi connectivity index (χ4v) is 1.78. The smallest absolute Gasteiger partial charge is 0.0954 e. The summed E-state index contributed by atoms with van der Waals surface area (Å²) in [4.78, 5) is 0. The minimum Gasteiger partial charge on any atom is -0.372 e. The van der Waals surface area contributed by atoms with Crippen LogP contribution in [0, 0.1) is 11.3 Å². The van der Waals surface area contributed by atoms with Gasteiger partial charge in [-0.3, -0.25) is 0 Å². The average Bonchev–Trinajstić information content (AvgIpc) is 2.38. The molecule has 1 unspecified atom stereocenters. The van der Waals surface area contributed by atoms with Crippen LogP contribution in [0.15, 0.2) is 30.3 Å². The van der Waals surface area contributed by atoms with Gasteiger partial charge in [-0.15, -0.1) is 0 Å². The molecule has 0 spiro atoms. The lowest BCUT2D eigenvalue weighted by molar-refractivity contribution is 0.0530. The van der Waals surface area contributed by atoms with Gasteiger partial charge in [-0.1, -0.05) is 56.5 Å². The van der Waals surface area contributed by atoms with Crippen molar-refractivity contribution in [2.24, 2.45) is 0 Å². The maximum Gasteiger partial charge on any atom is 0.0954 e. The monoisotopic (exact) mass is 231 g/mol. The van der Waals surface area contributed by atoms with Crippen LogP contribution in [0.5, 0.6) is 0 Å². The van der Waals surface area contributed by atoms with Gasteiger partial charge in [0.15, 0.2) is 0 Å². The third-order valence-corrected chi connectivity index (χ3v) is 2.76. The number of unbranched alkanes of at least 4 members (excludes halogenated alkanes) is 3. The molecule has 0 aromatic heterocycles. The fourth-order valence-electron chi connectivity index (χ4n) is 1.78. The first-order valence-electron chi connectivity index (χ1n) is 6.42. The maximum atomic E-state index is 8.81. The highest BCUT2D eigenvalue weighted by molar-refractivity contribution is 5.18. The Kier molecular flexibility index (Phi) is 7.09. The second kappa shape index (κ2) is 8.78. The van der Waals surface area contributed by atoms with Gasteiger partial charge < -0.3 is 4.74 Å². The van der Waals surface area contributed by atoms with E-state index >= 15 is 0 Å². The minimum atomic E-state index is -0.0668. The number of benzene rings is 1. The molecule has 0 radical (unpaired) electrons. The van der Waals surface area contributed by atoms with Crippen LogP contribution in [0.3, 0.4) is 0 Å². The molecule has 1 atom stereocenters. The molecular weight excluding hydrogens is 210 g/mol. The molecule has 0 N–H and O–H groups in total. The van der Waals surface area contributed by atoms with Crippen molar-refractivity contribution in [1.82, 2.24) is 0 Å². The predicted molar refractivity (Wildman–Crippen MR) is 69.5 cm³/mol. The quantitative estimate of drug-likeness (QED) is 0.627. The Morgan fingerprint density at radius 3 is 2.59 bits per heavy atom. The Bertz CT molecular complexity index is 329. The molecule has 1 aromatic rings. The van der Waals surface area contributed by atoms with Crippen LogP contribution in [-0.4, -0.2) is 6.61 Å². The molecule has 2 heteroatoms. The number of ether oxygens (including phenoxy) is 1. The Morgan fingerprint density at radius 2 is 1.94 bits per heavy atom. The van der Waals surface area contributed by atoms with Crippen LogP contribution in [0.2, 0.25) is 0 Å². The van der Waals surface area contributed by atoms with E-state index in [1.807, 2.05) is 30.3 Å². The second-order valence-corrected chi connectivity index (χ2v) is 4.19. The summed E-state index contributed by atoms with van der Waals surface area (Å²) in [6.07, 6.45) is 5.16. The SMILES string of the molecule is CCCCCCOC(CC#N)c1ccccc1. The normalized spacial score (nSPS) is 12.0. The highest BCUT2D eigenvalue weighted by Gasteiger charge is 2.10. The molecule has 0 fully saturated rings. The molecule has 0 bridgehead atoms. The van der Waals surface area contributed by atoms with Crippen LogP contribution in [0.1, 0.15) is 50.7 Å². The van der Waals surface area contributed by atoms with E-state index in [-0.39, 0.29) is 6.10 Å². The Labute approximate surface area is 104 Å². The highest BCUT2D eigenvalue weighted by Crippen LogP contribution is 2.20. The van der Waals surface area contributed by atoms with Crippen LogP contribution >= 0.6 is 0 Å². The molecule has 0 saturated carbocycles. The van der Waals surface area contributed by atoms with Gasteiger partial charge in [-0.05, 0) is 12.0 Å². The number of nitrogens with zero attached hydrogens (tertiary/aromatic N) is 1. The van der Waals surface area contributed by atoms with E-state index in [1.165, 1.54) is 19.3 Å². The molecule has 0 saturated heterocycles. The molecule has 17 heavy (non-hydrogen) atoms. The molecule has 0 aliphatic carbocycles. The fraction of sp³-hybridized carbons (Fsp3) is 0.533. The summed E-state index contributed by atoms with van der Waals surface area (Å²) in [6.45, 7) is 2.95. The summed E-state index contributed by atoms with van der Waals surface area (Å²) in [5.74, 6) is 0. The molecule has 0 heterocycles. The first kappa shape index (κ1) is 13.7. The van der Waals surface area contributed by atoms with Crippen LogP contribution in [0.4, 0.5) is 0 Å². The zero-order valence-electron chi connectivity index (χ0n) is 10.6. The predicted octanol–water partition coefficient (Wildman–Crippen LogP) is 4.24. The van der Waals surface area contributed by atoms with Gasteiger partial charge >= 0.3 is 0 Å². The van der Waals surface area contributed by atoms with Gasteiger partial charge in [-0.25, -0.2) is 0 Å². The van der Waals surface area contributed by atoms with Crippen molar-refractivity contribution >= 4 is 0 Å². The standard InChI is InChI=1S/C15H21NO/c1-2-3-4-8-13-17-15(11-12-16)14-9-6-5-7-10-14/h5-7,9-10,15H,2-4,8,11,13H2,1H3. The van der Waals surface area contributed by atoms with E-state index in [9.17, 15) is 0 Å². The van der Waals surface area contributed by atoms with E-state index < -0.39 is 0 Å². The first-order chi connectivity index (χ1) is 8.38. The van der Waals surface area contributed by atoms with Crippen molar-refractivity contribution in [2.75, 3.05) is 6.61 Å². The molecular formula is C15H21NO. The summed E-state index contributed by atoms with van der Waals surface area (Å²) in [5.41, 5.74) is 1.10. The average molecular weight is 231 g/mol. The van der Waals surface area contributed by atoms with Crippen LogP contribution in [-0.2, 0) is 4.74 Å². The number of hydrogen-bond donors (Lipinski definition) is 0. The van der Waals surface area contributed by atoms with Gasteiger partial charge in [-0.2, -0.15) is 5.26 Å². The zero-order valence-corrected chi connectivity index (χ0v) is 10.6. The Hall–Kier alpha value is -1.33. The lowest BCUT2D eigenvalue weighted by Gasteiger charge is -2.15. The molecule has 0 aliphatic rings. The number of hydrogen-bond acceptors (Lipinski definition) is 2. The summed E-state index contributed by atoms with van der Waals surface area (Å²) < 4.78 is 5.79. The lowest BCUT2D eigenvalue weighted by atomic mass is 10.1. The van der Waals surface area contributed by atoms with E-state index in [1.54, 1.807) is 0 Å². The van der Waals surface area contributed by atoms with E-state index in [0.29, 0.717) is 6.42 Å². The summed E-state index contributed by atoms with van der Waals surface area (Å²) in [7, 11) is 0. The second-order valence-electron chi connectivity index (χ2n) is 4.19. The van der Waals surface area contributed by atoms with Crippen molar-refractivity contribution in [3.63, 3.8) is 0 Å². The highest BCUT2D eigenvalue weighted by atomic mass is 16.5. The topological polar surface area (TPSA) is 33.0 Å². The summed E-state index contributed by atoms with van der Waals surface area (Å²) >= 11 is 0. The molecule has 92 valence electrons. The van der Waals surface area contributed by atoms with Crippen molar-refractivity contribution in [2.45, 2.75) is 45.1 Å². The van der Waals surface area contributed by atoms with Gasteiger partial charge in [0.2, 0.25) is 0 Å². The Morgan fingerprint density at radius 1 is 1.18 bits per heavy atom. The van der Waals surface area contributed by atoms with Crippen molar-refractivity contribution < 1.29 is 4.74 Å². The van der Waals surface area contributed by atoms with E-state index in [4.69, 9.17) is 10.00 Å². The number of nitriles is 1.